The van der Waals surface area contributed by atoms with Gasteiger partial charge in [0.25, 0.3) is 5.69 Å². The molecule has 7 nitrogen and oxygen atoms in total. The van der Waals surface area contributed by atoms with E-state index in [1.165, 1.54) is 31.3 Å². The van der Waals surface area contributed by atoms with Gasteiger partial charge in [-0.05, 0) is 25.1 Å². The first-order valence-electron chi connectivity index (χ1n) is 6.92. The van der Waals surface area contributed by atoms with Crippen LogP contribution in [0.25, 0.3) is 10.9 Å². The van der Waals surface area contributed by atoms with E-state index in [2.05, 4.69) is 4.98 Å². The second-order valence-corrected chi connectivity index (χ2v) is 6.62. The summed E-state index contributed by atoms with van der Waals surface area (Å²) in [4.78, 5) is 14.2. The van der Waals surface area contributed by atoms with Crippen LogP contribution in [0.3, 0.4) is 0 Å². The molecule has 0 saturated carbocycles. The van der Waals surface area contributed by atoms with Gasteiger partial charge in [-0.2, -0.15) is 8.42 Å². The van der Waals surface area contributed by atoms with E-state index in [-0.39, 0.29) is 16.3 Å². The number of fused-ring (bicyclic) bond motifs is 1. The first-order chi connectivity index (χ1) is 11.4. The quantitative estimate of drug-likeness (QED) is 0.409. The summed E-state index contributed by atoms with van der Waals surface area (Å²) < 4.78 is 30.1. The Balaban J connectivity index is 2.05. The van der Waals surface area contributed by atoms with Crippen LogP contribution < -0.4 is 4.18 Å². The molecule has 0 amide bonds. The summed E-state index contributed by atoms with van der Waals surface area (Å²) in [5.41, 5.74) is 0.478. The molecule has 0 spiro atoms. The molecule has 0 radical (unpaired) electrons. The Morgan fingerprint density at radius 1 is 1.12 bits per heavy atom. The lowest BCUT2D eigenvalue weighted by Gasteiger charge is -2.09. The third-order valence-electron chi connectivity index (χ3n) is 3.46. The molecule has 24 heavy (non-hydrogen) atoms. The van der Waals surface area contributed by atoms with E-state index in [9.17, 15) is 18.5 Å². The van der Waals surface area contributed by atoms with Gasteiger partial charge in [-0.1, -0.05) is 24.3 Å². The van der Waals surface area contributed by atoms with Crippen LogP contribution in [0.4, 0.5) is 5.69 Å². The summed E-state index contributed by atoms with van der Waals surface area (Å²) in [5, 5.41) is 11.7. The van der Waals surface area contributed by atoms with Crippen LogP contribution in [-0.2, 0) is 10.1 Å². The molecule has 0 unspecified atom stereocenters. The monoisotopic (exact) mass is 344 g/mol. The van der Waals surface area contributed by atoms with Crippen molar-refractivity contribution in [3.63, 3.8) is 0 Å². The molecule has 0 saturated heterocycles. The summed E-state index contributed by atoms with van der Waals surface area (Å²) in [7, 11) is -4.22. The van der Waals surface area contributed by atoms with Crippen molar-refractivity contribution < 1.29 is 17.5 Å². The van der Waals surface area contributed by atoms with Crippen molar-refractivity contribution in [1.82, 2.24) is 4.98 Å². The third-order valence-corrected chi connectivity index (χ3v) is 4.69. The van der Waals surface area contributed by atoms with Crippen LogP contribution in [-0.4, -0.2) is 18.3 Å². The number of hydrogen-bond donors (Lipinski definition) is 0. The van der Waals surface area contributed by atoms with Crippen LogP contribution in [0.1, 0.15) is 5.56 Å². The first kappa shape index (κ1) is 15.9. The van der Waals surface area contributed by atoms with E-state index < -0.39 is 15.0 Å². The number of pyridine rings is 1. The van der Waals surface area contributed by atoms with Gasteiger partial charge in [0.1, 0.15) is 10.4 Å². The van der Waals surface area contributed by atoms with Crippen LogP contribution in [0.2, 0.25) is 0 Å². The third kappa shape index (κ3) is 2.91. The number of aryl methyl sites for hydroxylation is 1. The van der Waals surface area contributed by atoms with Gasteiger partial charge >= 0.3 is 10.1 Å². The Bertz CT molecular complexity index is 1040. The number of benzene rings is 2. The molecule has 3 rings (SSSR count). The van der Waals surface area contributed by atoms with Crippen molar-refractivity contribution in [1.29, 1.82) is 0 Å². The molecule has 0 fully saturated rings. The molecule has 122 valence electrons. The van der Waals surface area contributed by atoms with E-state index in [1.54, 1.807) is 24.3 Å². The van der Waals surface area contributed by atoms with Crippen molar-refractivity contribution in [3.8, 4) is 5.75 Å². The minimum absolute atomic E-state index is 0.0660. The molecule has 8 heteroatoms. The molecule has 2 aromatic carbocycles. The maximum absolute atomic E-state index is 12.5. The average molecular weight is 344 g/mol. The minimum atomic E-state index is -4.22. The number of nitrogens with zero attached hydrogens (tertiary/aromatic N) is 2. The number of rotatable bonds is 4. The van der Waals surface area contributed by atoms with E-state index in [1.807, 2.05) is 0 Å². The molecule has 0 aliphatic heterocycles. The number of hydrogen-bond acceptors (Lipinski definition) is 6. The van der Waals surface area contributed by atoms with Gasteiger partial charge < -0.3 is 4.18 Å². The Kier molecular flexibility index (Phi) is 3.90. The second-order valence-electron chi connectivity index (χ2n) is 5.07. The normalized spacial score (nSPS) is 11.4. The summed E-state index contributed by atoms with van der Waals surface area (Å²) in [6.07, 6.45) is 1.53. The van der Waals surface area contributed by atoms with E-state index in [4.69, 9.17) is 4.18 Å². The lowest BCUT2D eigenvalue weighted by Crippen LogP contribution is -2.11. The fraction of sp³-hybridized carbons (Fsp3) is 0.0625. The molecular formula is C16H12N2O5S. The fourth-order valence-electron chi connectivity index (χ4n) is 2.25. The smallest absolute Gasteiger partial charge is 0.339 e. The number of para-hydroxylation sites is 1. The zero-order valence-corrected chi connectivity index (χ0v) is 13.4. The zero-order chi connectivity index (χ0) is 17.3. The lowest BCUT2D eigenvalue weighted by atomic mass is 10.2. The molecule has 1 aromatic heterocycles. The largest absolute Gasteiger partial charge is 0.377 e. The summed E-state index contributed by atoms with van der Waals surface area (Å²) in [6, 6.07) is 12.0. The molecule has 0 aliphatic rings. The molecular weight excluding hydrogens is 332 g/mol. The van der Waals surface area contributed by atoms with Crippen LogP contribution >= 0.6 is 0 Å². The summed E-state index contributed by atoms with van der Waals surface area (Å²) in [6.45, 7) is 1.53. The summed E-state index contributed by atoms with van der Waals surface area (Å²) >= 11 is 0. The summed E-state index contributed by atoms with van der Waals surface area (Å²) in [5.74, 6) is 0.0660. The zero-order valence-electron chi connectivity index (χ0n) is 12.5. The van der Waals surface area contributed by atoms with Crippen LogP contribution in [0.5, 0.6) is 5.75 Å². The van der Waals surface area contributed by atoms with Crippen molar-refractivity contribution in [2.24, 2.45) is 0 Å². The Labute approximate surface area is 137 Å². The highest BCUT2D eigenvalue weighted by atomic mass is 32.2. The molecule has 0 bridgehead atoms. The van der Waals surface area contributed by atoms with Gasteiger partial charge in [-0.25, -0.2) is 0 Å². The van der Waals surface area contributed by atoms with Crippen molar-refractivity contribution in [2.75, 3.05) is 0 Å². The highest BCUT2D eigenvalue weighted by molar-refractivity contribution is 7.87. The Hall–Kier alpha value is -3.00. The van der Waals surface area contributed by atoms with Gasteiger partial charge in [0.05, 0.1) is 4.92 Å². The Morgan fingerprint density at radius 2 is 1.88 bits per heavy atom. The van der Waals surface area contributed by atoms with Crippen molar-refractivity contribution >= 4 is 26.7 Å². The predicted molar refractivity (Wildman–Crippen MR) is 87.4 cm³/mol. The molecule has 0 N–H and O–H groups in total. The van der Waals surface area contributed by atoms with Crippen LogP contribution in [0, 0.1) is 17.0 Å². The SMILES string of the molecule is Cc1ccc(S(=O)(=O)Oc2cccc3cccnc23)cc1[N+](=O)[O-]. The van der Waals surface area contributed by atoms with E-state index in [0.29, 0.717) is 11.1 Å². The van der Waals surface area contributed by atoms with Gasteiger partial charge in [0.2, 0.25) is 0 Å². The van der Waals surface area contributed by atoms with E-state index >= 15 is 0 Å². The van der Waals surface area contributed by atoms with Gasteiger partial charge in [-0.3, -0.25) is 15.1 Å². The van der Waals surface area contributed by atoms with Gasteiger partial charge in [0, 0.05) is 23.2 Å². The van der Waals surface area contributed by atoms with Crippen molar-refractivity contribution in [2.45, 2.75) is 11.8 Å². The second kappa shape index (κ2) is 5.89. The maximum atomic E-state index is 12.5. The number of nitro groups is 1. The highest BCUT2D eigenvalue weighted by Crippen LogP contribution is 2.28. The molecule has 1 heterocycles. The Morgan fingerprint density at radius 3 is 2.62 bits per heavy atom. The topological polar surface area (TPSA) is 99.4 Å². The van der Waals surface area contributed by atoms with Gasteiger partial charge in [0.15, 0.2) is 5.75 Å². The lowest BCUT2D eigenvalue weighted by molar-refractivity contribution is -0.385. The van der Waals surface area contributed by atoms with Crippen LogP contribution in [0.15, 0.2) is 59.6 Å². The highest BCUT2D eigenvalue weighted by Gasteiger charge is 2.22. The minimum Gasteiger partial charge on any atom is -0.377 e. The van der Waals surface area contributed by atoms with Gasteiger partial charge in [-0.15, -0.1) is 0 Å². The van der Waals surface area contributed by atoms with Crippen molar-refractivity contribution in [3.05, 3.63) is 70.4 Å². The first-order valence-corrected chi connectivity index (χ1v) is 8.32. The predicted octanol–water partition coefficient (Wildman–Crippen LogP) is 3.22. The fourth-order valence-corrected chi connectivity index (χ4v) is 3.21. The average Bonchev–Trinajstić information content (AvgIpc) is 2.55. The van der Waals surface area contributed by atoms with E-state index in [0.717, 1.165) is 11.5 Å². The molecule has 3 aromatic rings. The maximum Gasteiger partial charge on any atom is 0.339 e. The standard InChI is InChI=1S/C16H12N2O5S/c1-11-7-8-13(10-14(11)18(19)20)24(21,22)23-15-6-2-4-12-5-3-9-17-16(12)15/h2-10H,1H3. The molecule has 0 aliphatic carbocycles. The molecule has 0 atom stereocenters. The number of nitro benzene ring substituents is 1. The number of aromatic nitrogens is 1.